The molecule has 1 heterocycles. The van der Waals surface area contributed by atoms with Gasteiger partial charge in [-0.3, -0.25) is 9.69 Å². The molecule has 4 rings (SSSR count). The zero-order valence-corrected chi connectivity index (χ0v) is 16.8. The van der Waals surface area contributed by atoms with Crippen molar-refractivity contribution >= 4 is 17.3 Å². The number of nitrogens with zero attached hydrogens (tertiary/aromatic N) is 2. The van der Waals surface area contributed by atoms with Gasteiger partial charge in [-0.15, -0.1) is 0 Å². The highest BCUT2D eigenvalue weighted by Gasteiger charge is 2.26. The Kier molecular flexibility index (Phi) is 5.96. The van der Waals surface area contributed by atoms with Crippen LogP contribution in [0.25, 0.3) is 0 Å². The van der Waals surface area contributed by atoms with Gasteiger partial charge in [0.1, 0.15) is 0 Å². The van der Waals surface area contributed by atoms with E-state index in [1.807, 2.05) is 42.5 Å². The van der Waals surface area contributed by atoms with Crippen molar-refractivity contribution in [2.45, 2.75) is 32.1 Å². The molecule has 4 heteroatoms. The first-order valence-electron chi connectivity index (χ1n) is 10.7. The van der Waals surface area contributed by atoms with E-state index in [2.05, 4.69) is 34.2 Å². The summed E-state index contributed by atoms with van der Waals surface area (Å²) in [6.45, 7) is 7.74. The van der Waals surface area contributed by atoms with Crippen molar-refractivity contribution < 1.29 is 4.79 Å². The molecule has 2 aromatic rings. The average Bonchev–Trinajstić information content (AvgIpc) is 3.54. The fourth-order valence-electron chi connectivity index (χ4n) is 4.12. The molecule has 1 aliphatic carbocycles. The van der Waals surface area contributed by atoms with E-state index < -0.39 is 0 Å². The minimum Gasteiger partial charge on any atom is -0.369 e. The van der Waals surface area contributed by atoms with Crippen LogP contribution in [-0.2, 0) is 4.79 Å². The number of benzene rings is 2. The van der Waals surface area contributed by atoms with E-state index in [0.29, 0.717) is 0 Å². The SMILES string of the molecule is CCC(C(=O)Nc1cccc(N2CCN(CC3CC3)CC2)c1)c1ccccc1. The Morgan fingerprint density at radius 2 is 1.79 bits per heavy atom. The van der Waals surface area contributed by atoms with Gasteiger partial charge in [0.05, 0.1) is 5.92 Å². The lowest BCUT2D eigenvalue weighted by Crippen LogP contribution is -2.47. The second kappa shape index (κ2) is 8.78. The molecular formula is C24H31N3O. The first kappa shape index (κ1) is 19.0. The average molecular weight is 378 g/mol. The van der Waals surface area contributed by atoms with E-state index >= 15 is 0 Å². The molecule has 2 fully saturated rings. The topological polar surface area (TPSA) is 35.6 Å². The molecule has 1 atom stereocenters. The van der Waals surface area contributed by atoms with Crippen LogP contribution in [-0.4, -0.2) is 43.5 Å². The van der Waals surface area contributed by atoms with Crippen LogP contribution in [0.15, 0.2) is 54.6 Å². The smallest absolute Gasteiger partial charge is 0.231 e. The number of piperazine rings is 1. The van der Waals surface area contributed by atoms with Gasteiger partial charge >= 0.3 is 0 Å². The van der Waals surface area contributed by atoms with Gasteiger partial charge in [0.15, 0.2) is 0 Å². The minimum atomic E-state index is -0.115. The molecule has 4 nitrogen and oxygen atoms in total. The highest BCUT2D eigenvalue weighted by molar-refractivity contribution is 5.96. The Morgan fingerprint density at radius 3 is 2.46 bits per heavy atom. The zero-order chi connectivity index (χ0) is 19.3. The number of rotatable bonds is 7. The Bertz CT molecular complexity index is 779. The fourth-order valence-corrected chi connectivity index (χ4v) is 4.12. The van der Waals surface area contributed by atoms with Crippen molar-refractivity contribution in [3.05, 3.63) is 60.2 Å². The lowest BCUT2D eigenvalue weighted by atomic mass is 9.95. The van der Waals surface area contributed by atoms with Gasteiger partial charge in [-0.25, -0.2) is 0 Å². The molecule has 28 heavy (non-hydrogen) atoms. The van der Waals surface area contributed by atoms with Crippen LogP contribution in [0.4, 0.5) is 11.4 Å². The van der Waals surface area contributed by atoms with E-state index in [4.69, 9.17) is 0 Å². The van der Waals surface area contributed by atoms with Gasteiger partial charge in [0.2, 0.25) is 5.91 Å². The molecule has 2 aromatic carbocycles. The van der Waals surface area contributed by atoms with Crippen molar-refractivity contribution in [1.29, 1.82) is 0 Å². The number of hydrogen-bond acceptors (Lipinski definition) is 3. The molecule has 148 valence electrons. The highest BCUT2D eigenvalue weighted by Crippen LogP contribution is 2.30. The van der Waals surface area contributed by atoms with Crippen LogP contribution in [0.5, 0.6) is 0 Å². The van der Waals surface area contributed by atoms with Gasteiger partial charge < -0.3 is 10.2 Å². The Balaban J connectivity index is 1.37. The molecule has 0 aromatic heterocycles. The summed E-state index contributed by atoms with van der Waals surface area (Å²) in [4.78, 5) is 17.9. The monoisotopic (exact) mass is 377 g/mol. The molecule has 1 amide bonds. The van der Waals surface area contributed by atoms with E-state index in [0.717, 1.165) is 49.8 Å². The molecule has 2 aliphatic rings. The molecular weight excluding hydrogens is 346 g/mol. The van der Waals surface area contributed by atoms with Crippen LogP contribution < -0.4 is 10.2 Å². The number of anilines is 2. The summed E-state index contributed by atoms with van der Waals surface area (Å²) in [5.74, 6) is 0.914. The molecule has 1 saturated heterocycles. The fraction of sp³-hybridized carbons (Fsp3) is 0.458. The second-order valence-electron chi connectivity index (χ2n) is 8.14. The summed E-state index contributed by atoms with van der Waals surface area (Å²) in [7, 11) is 0. The third-order valence-corrected chi connectivity index (χ3v) is 5.99. The molecule has 0 spiro atoms. The van der Waals surface area contributed by atoms with Crippen molar-refractivity contribution in [2.75, 3.05) is 42.9 Å². The quantitative estimate of drug-likeness (QED) is 0.779. The van der Waals surface area contributed by atoms with Crippen LogP contribution in [0.3, 0.4) is 0 Å². The van der Waals surface area contributed by atoms with Gasteiger partial charge in [-0.2, -0.15) is 0 Å². The number of carbonyl (C=O) groups is 1. The molecule has 1 N–H and O–H groups in total. The molecule has 1 aliphatic heterocycles. The predicted octanol–water partition coefficient (Wildman–Crippen LogP) is 4.35. The van der Waals surface area contributed by atoms with Crippen LogP contribution >= 0.6 is 0 Å². The maximum Gasteiger partial charge on any atom is 0.231 e. The zero-order valence-electron chi connectivity index (χ0n) is 16.8. The van der Waals surface area contributed by atoms with Crippen LogP contribution in [0.2, 0.25) is 0 Å². The van der Waals surface area contributed by atoms with Crippen LogP contribution in [0, 0.1) is 5.92 Å². The highest BCUT2D eigenvalue weighted by atomic mass is 16.1. The summed E-state index contributed by atoms with van der Waals surface area (Å²) < 4.78 is 0. The number of nitrogens with one attached hydrogen (secondary N) is 1. The van der Waals surface area contributed by atoms with E-state index in [-0.39, 0.29) is 11.8 Å². The first-order chi connectivity index (χ1) is 13.7. The lowest BCUT2D eigenvalue weighted by molar-refractivity contribution is -0.117. The summed E-state index contributed by atoms with van der Waals surface area (Å²) in [6.07, 6.45) is 3.63. The Hall–Kier alpha value is -2.33. The molecule has 1 unspecified atom stereocenters. The van der Waals surface area contributed by atoms with Crippen molar-refractivity contribution in [3.63, 3.8) is 0 Å². The van der Waals surface area contributed by atoms with Gasteiger partial charge in [0.25, 0.3) is 0 Å². The maximum absolute atomic E-state index is 12.9. The molecule has 0 radical (unpaired) electrons. The minimum absolute atomic E-state index is 0.0695. The summed E-state index contributed by atoms with van der Waals surface area (Å²) in [6, 6.07) is 18.3. The van der Waals surface area contributed by atoms with E-state index in [1.165, 1.54) is 25.1 Å². The van der Waals surface area contributed by atoms with Gasteiger partial charge in [0, 0.05) is 44.1 Å². The Labute approximate surface area is 168 Å². The summed E-state index contributed by atoms with van der Waals surface area (Å²) in [5, 5.41) is 3.14. The van der Waals surface area contributed by atoms with Gasteiger partial charge in [-0.1, -0.05) is 43.3 Å². The molecule has 1 saturated carbocycles. The third kappa shape index (κ3) is 4.74. The standard InChI is InChI=1S/C24H31N3O/c1-2-23(20-7-4-3-5-8-20)24(28)25-21-9-6-10-22(17-21)27-15-13-26(14-16-27)18-19-11-12-19/h3-10,17,19,23H,2,11-16,18H2,1H3,(H,25,28). The summed E-state index contributed by atoms with van der Waals surface area (Å²) in [5.41, 5.74) is 3.17. The summed E-state index contributed by atoms with van der Waals surface area (Å²) >= 11 is 0. The number of amides is 1. The van der Waals surface area contributed by atoms with E-state index in [1.54, 1.807) is 0 Å². The third-order valence-electron chi connectivity index (χ3n) is 5.99. The lowest BCUT2D eigenvalue weighted by Gasteiger charge is -2.36. The van der Waals surface area contributed by atoms with Crippen molar-refractivity contribution in [2.24, 2.45) is 5.92 Å². The predicted molar refractivity (Wildman–Crippen MR) is 116 cm³/mol. The maximum atomic E-state index is 12.9. The molecule has 0 bridgehead atoms. The number of hydrogen-bond donors (Lipinski definition) is 1. The first-order valence-corrected chi connectivity index (χ1v) is 10.7. The largest absolute Gasteiger partial charge is 0.369 e. The van der Waals surface area contributed by atoms with Crippen molar-refractivity contribution in [1.82, 2.24) is 4.90 Å². The van der Waals surface area contributed by atoms with Gasteiger partial charge in [-0.05, 0) is 48.9 Å². The van der Waals surface area contributed by atoms with Crippen LogP contribution in [0.1, 0.15) is 37.7 Å². The second-order valence-corrected chi connectivity index (χ2v) is 8.14. The number of carbonyl (C=O) groups excluding carboxylic acids is 1. The normalized spacial score (nSPS) is 18.7. The van der Waals surface area contributed by atoms with E-state index in [9.17, 15) is 4.79 Å². The van der Waals surface area contributed by atoms with Crippen molar-refractivity contribution in [3.8, 4) is 0 Å². The Morgan fingerprint density at radius 1 is 1.04 bits per heavy atom.